The maximum atomic E-state index is 11.5. The first-order chi connectivity index (χ1) is 5.65. The van der Waals surface area contributed by atoms with Crippen LogP contribution in [-0.2, 0) is 4.79 Å². The molecule has 0 amide bonds. The van der Waals surface area contributed by atoms with Crippen molar-refractivity contribution in [3.8, 4) is 0 Å². The smallest absolute Gasteiger partial charge is 0.164 e. The number of Topliss-reactive ketones (excluding diaryl/α,β-unsaturated/α-hetero) is 1. The van der Waals surface area contributed by atoms with Crippen LogP contribution in [0, 0.1) is 11.8 Å². The Bertz CT molecular complexity index is 212. The summed E-state index contributed by atoms with van der Waals surface area (Å²) < 4.78 is 0. The van der Waals surface area contributed by atoms with Crippen molar-refractivity contribution in [2.45, 2.75) is 44.6 Å². The van der Waals surface area contributed by atoms with Gasteiger partial charge in [-0.1, -0.05) is 13.3 Å². The standard InChI is InChI=1S/C10H16O2/c1-7-3-2-4-8-5-6-9(11)10(7,8)12/h7-8,12H,2-6H2,1H3/t7?,8-,10+/m0/s1. The lowest BCUT2D eigenvalue weighted by Gasteiger charge is -2.38. The van der Waals surface area contributed by atoms with Gasteiger partial charge >= 0.3 is 0 Å². The van der Waals surface area contributed by atoms with Crippen LogP contribution < -0.4 is 0 Å². The van der Waals surface area contributed by atoms with Crippen LogP contribution in [0.25, 0.3) is 0 Å². The van der Waals surface area contributed by atoms with E-state index in [9.17, 15) is 9.90 Å². The second kappa shape index (κ2) is 2.56. The Morgan fingerprint density at radius 3 is 2.83 bits per heavy atom. The molecule has 0 aromatic carbocycles. The Kier molecular flexibility index (Phi) is 1.76. The fourth-order valence-corrected chi connectivity index (χ4v) is 2.89. The minimum atomic E-state index is -0.932. The van der Waals surface area contributed by atoms with E-state index >= 15 is 0 Å². The van der Waals surface area contributed by atoms with E-state index < -0.39 is 5.60 Å². The lowest BCUT2D eigenvalue weighted by Crippen LogP contribution is -2.48. The molecule has 0 aliphatic heterocycles. The van der Waals surface area contributed by atoms with Crippen LogP contribution in [0.4, 0.5) is 0 Å². The van der Waals surface area contributed by atoms with E-state index in [1.54, 1.807) is 0 Å². The Balaban J connectivity index is 2.30. The Labute approximate surface area is 73.0 Å². The molecule has 2 nitrogen and oxygen atoms in total. The number of hydrogen-bond acceptors (Lipinski definition) is 2. The van der Waals surface area contributed by atoms with Crippen LogP contribution in [0.2, 0.25) is 0 Å². The number of hydrogen-bond donors (Lipinski definition) is 1. The monoisotopic (exact) mass is 168 g/mol. The Hall–Kier alpha value is -0.370. The van der Waals surface area contributed by atoms with Crippen molar-refractivity contribution in [2.24, 2.45) is 11.8 Å². The van der Waals surface area contributed by atoms with E-state index in [1.165, 1.54) is 6.42 Å². The molecule has 0 saturated heterocycles. The highest BCUT2D eigenvalue weighted by atomic mass is 16.3. The Morgan fingerprint density at radius 1 is 1.42 bits per heavy atom. The fraction of sp³-hybridized carbons (Fsp3) is 0.900. The van der Waals surface area contributed by atoms with Crippen molar-refractivity contribution in [1.82, 2.24) is 0 Å². The quantitative estimate of drug-likeness (QED) is 0.595. The van der Waals surface area contributed by atoms with Crippen molar-refractivity contribution in [3.63, 3.8) is 0 Å². The predicted octanol–water partition coefficient (Wildman–Crippen LogP) is 1.52. The second-order valence-corrected chi connectivity index (χ2v) is 4.32. The largest absolute Gasteiger partial charge is 0.382 e. The average molecular weight is 168 g/mol. The molecule has 1 N–H and O–H groups in total. The third-order valence-electron chi connectivity index (χ3n) is 3.73. The maximum Gasteiger partial charge on any atom is 0.164 e. The van der Waals surface area contributed by atoms with Crippen LogP contribution in [-0.4, -0.2) is 16.5 Å². The van der Waals surface area contributed by atoms with Crippen molar-refractivity contribution in [1.29, 1.82) is 0 Å². The van der Waals surface area contributed by atoms with Crippen molar-refractivity contribution in [2.75, 3.05) is 0 Å². The molecule has 0 heterocycles. The van der Waals surface area contributed by atoms with Gasteiger partial charge in [-0.15, -0.1) is 0 Å². The molecule has 0 bridgehead atoms. The highest BCUT2D eigenvalue weighted by Gasteiger charge is 2.53. The third-order valence-corrected chi connectivity index (χ3v) is 3.73. The van der Waals surface area contributed by atoms with Gasteiger partial charge in [-0.3, -0.25) is 4.79 Å². The van der Waals surface area contributed by atoms with E-state index in [4.69, 9.17) is 0 Å². The third kappa shape index (κ3) is 0.875. The van der Waals surface area contributed by atoms with Crippen molar-refractivity contribution >= 4 is 5.78 Å². The van der Waals surface area contributed by atoms with E-state index in [2.05, 4.69) is 0 Å². The fourth-order valence-electron chi connectivity index (χ4n) is 2.89. The molecule has 2 rings (SSSR count). The average Bonchev–Trinajstić information content (AvgIpc) is 2.33. The summed E-state index contributed by atoms with van der Waals surface area (Å²) in [7, 11) is 0. The first-order valence-electron chi connectivity index (χ1n) is 4.91. The van der Waals surface area contributed by atoms with Gasteiger partial charge in [0.05, 0.1) is 0 Å². The van der Waals surface area contributed by atoms with Crippen LogP contribution >= 0.6 is 0 Å². The van der Waals surface area contributed by atoms with Crippen molar-refractivity contribution < 1.29 is 9.90 Å². The van der Waals surface area contributed by atoms with Gasteiger partial charge in [0.15, 0.2) is 5.78 Å². The summed E-state index contributed by atoms with van der Waals surface area (Å²) in [6, 6.07) is 0. The van der Waals surface area contributed by atoms with Gasteiger partial charge in [0.2, 0.25) is 0 Å². The van der Waals surface area contributed by atoms with Gasteiger partial charge < -0.3 is 5.11 Å². The van der Waals surface area contributed by atoms with Gasteiger partial charge in [-0.2, -0.15) is 0 Å². The molecule has 2 fully saturated rings. The summed E-state index contributed by atoms with van der Waals surface area (Å²) in [6.45, 7) is 2.01. The number of fused-ring (bicyclic) bond motifs is 1. The van der Waals surface area contributed by atoms with Crippen LogP contribution in [0.3, 0.4) is 0 Å². The van der Waals surface area contributed by atoms with Gasteiger partial charge in [-0.05, 0) is 31.1 Å². The summed E-state index contributed by atoms with van der Waals surface area (Å²) in [5.74, 6) is 0.555. The molecule has 0 radical (unpaired) electrons. The van der Waals surface area contributed by atoms with Crippen molar-refractivity contribution in [3.05, 3.63) is 0 Å². The number of ketones is 1. The first-order valence-corrected chi connectivity index (χ1v) is 4.91. The molecular formula is C10H16O2. The molecule has 1 unspecified atom stereocenters. The van der Waals surface area contributed by atoms with Gasteiger partial charge in [0.25, 0.3) is 0 Å². The second-order valence-electron chi connectivity index (χ2n) is 4.32. The molecule has 68 valence electrons. The molecule has 12 heavy (non-hydrogen) atoms. The Morgan fingerprint density at radius 2 is 2.17 bits per heavy atom. The molecule has 0 aromatic rings. The highest BCUT2D eigenvalue weighted by Crippen LogP contribution is 2.46. The molecular weight excluding hydrogens is 152 g/mol. The predicted molar refractivity (Wildman–Crippen MR) is 45.7 cm³/mol. The lowest BCUT2D eigenvalue weighted by atomic mass is 9.70. The van der Waals surface area contributed by atoms with Crippen LogP contribution in [0.5, 0.6) is 0 Å². The summed E-state index contributed by atoms with van der Waals surface area (Å²) in [4.78, 5) is 11.5. The zero-order valence-corrected chi connectivity index (χ0v) is 7.55. The SMILES string of the molecule is CC1CCC[C@H]2CCC(=O)[C@@]12O. The molecule has 0 spiro atoms. The molecule has 0 aromatic heterocycles. The van der Waals surface area contributed by atoms with Gasteiger partial charge in [0, 0.05) is 6.42 Å². The number of carbonyl (C=O) groups is 1. The summed E-state index contributed by atoms with van der Waals surface area (Å²) in [5, 5.41) is 10.2. The van der Waals surface area contributed by atoms with Gasteiger partial charge in [-0.25, -0.2) is 0 Å². The number of aliphatic hydroxyl groups is 1. The summed E-state index contributed by atoms with van der Waals surface area (Å²) >= 11 is 0. The number of carbonyl (C=O) groups excluding carboxylic acids is 1. The normalized spacial score (nSPS) is 47.7. The molecule has 2 saturated carbocycles. The first kappa shape index (κ1) is 8.24. The summed E-state index contributed by atoms with van der Waals surface area (Å²) in [6.07, 6.45) is 4.76. The van der Waals surface area contributed by atoms with Gasteiger partial charge in [0.1, 0.15) is 5.60 Å². The van der Waals surface area contributed by atoms with Crippen LogP contribution in [0.15, 0.2) is 0 Å². The maximum absolute atomic E-state index is 11.5. The minimum Gasteiger partial charge on any atom is -0.382 e. The minimum absolute atomic E-state index is 0.0969. The molecule has 2 aliphatic rings. The van der Waals surface area contributed by atoms with Crippen LogP contribution in [0.1, 0.15) is 39.0 Å². The highest BCUT2D eigenvalue weighted by molar-refractivity contribution is 5.90. The van der Waals surface area contributed by atoms with E-state index in [0.29, 0.717) is 6.42 Å². The van der Waals surface area contributed by atoms with E-state index in [0.717, 1.165) is 19.3 Å². The zero-order chi connectivity index (χ0) is 8.77. The van der Waals surface area contributed by atoms with E-state index in [1.807, 2.05) is 6.92 Å². The zero-order valence-electron chi connectivity index (χ0n) is 7.55. The molecule has 2 aliphatic carbocycles. The van der Waals surface area contributed by atoms with E-state index in [-0.39, 0.29) is 17.6 Å². The molecule has 2 heteroatoms. The summed E-state index contributed by atoms with van der Waals surface area (Å²) in [5.41, 5.74) is -0.932. The number of rotatable bonds is 0. The lowest BCUT2D eigenvalue weighted by molar-refractivity contribution is -0.146. The topological polar surface area (TPSA) is 37.3 Å². The molecule has 3 atom stereocenters.